The van der Waals surface area contributed by atoms with Crippen LogP contribution < -0.4 is 5.32 Å². The van der Waals surface area contributed by atoms with Crippen LogP contribution in [0.5, 0.6) is 0 Å². The van der Waals surface area contributed by atoms with Crippen LogP contribution in [0, 0.1) is 5.92 Å². The highest BCUT2D eigenvalue weighted by molar-refractivity contribution is 4.85. The van der Waals surface area contributed by atoms with E-state index in [-0.39, 0.29) is 0 Å². The Labute approximate surface area is 118 Å². The molecule has 112 valence electrons. The van der Waals surface area contributed by atoms with Gasteiger partial charge in [0.05, 0.1) is 6.61 Å². The fourth-order valence-corrected chi connectivity index (χ4v) is 3.47. The van der Waals surface area contributed by atoms with Crippen LogP contribution in [0.25, 0.3) is 0 Å². The topological polar surface area (TPSA) is 27.7 Å². The number of likely N-dealkylation sites (N-methyl/N-ethyl adjacent to an activating group) is 3. The maximum Gasteiger partial charge on any atom is 0.0510 e. The molecule has 0 amide bonds. The lowest BCUT2D eigenvalue weighted by atomic mass is 9.97. The van der Waals surface area contributed by atoms with Gasteiger partial charge in [0.25, 0.3) is 0 Å². The van der Waals surface area contributed by atoms with Crippen LogP contribution in [0.15, 0.2) is 0 Å². The molecule has 0 aliphatic carbocycles. The Kier molecular flexibility index (Phi) is 6.07. The van der Waals surface area contributed by atoms with Gasteiger partial charge in [0.15, 0.2) is 0 Å². The first kappa shape index (κ1) is 15.2. The lowest BCUT2D eigenvalue weighted by molar-refractivity contribution is 0.111. The molecule has 0 aromatic heterocycles. The number of hydrogen-bond acceptors (Lipinski definition) is 4. The summed E-state index contributed by atoms with van der Waals surface area (Å²) in [5.74, 6) is 0.698. The first-order valence-corrected chi connectivity index (χ1v) is 7.90. The minimum absolute atomic E-state index is 0.588. The Balaban J connectivity index is 1.84. The lowest BCUT2D eigenvalue weighted by Crippen LogP contribution is -2.51. The highest BCUT2D eigenvalue weighted by Gasteiger charge is 2.29. The number of nitrogens with zero attached hydrogens (tertiary/aromatic N) is 2. The number of nitrogens with one attached hydrogen (secondary N) is 1. The number of rotatable bonds is 6. The Morgan fingerprint density at radius 1 is 1.42 bits per heavy atom. The van der Waals surface area contributed by atoms with Crippen LogP contribution in [0.4, 0.5) is 0 Å². The molecule has 0 spiro atoms. The van der Waals surface area contributed by atoms with E-state index in [9.17, 15) is 0 Å². The maximum atomic E-state index is 5.56. The zero-order valence-corrected chi connectivity index (χ0v) is 12.9. The van der Waals surface area contributed by atoms with Crippen LogP contribution in [0.3, 0.4) is 0 Å². The SMILES string of the molecule is CCNC(CN(C)C1CCCN(C)C1)C1CCOC1. The minimum atomic E-state index is 0.588. The molecule has 0 saturated carbocycles. The van der Waals surface area contributed by atoms with E-state index >= 15 is 0 Å². The van der Waals surface area contributed by atoms with E-state index in [2.05, 4.69) is 36.1 Å². The van der Waals surface area contributed by atoms with E-state index in [1.165, 1.54) is 32.4 Å². The summed E-state index contributed by atoms with van der Waals surface area (Å²) in [5, 5.41) is 3.67. The zero-order chi connectivity index (χ0) is 13.7. The minimum Gasteiger partial charge on any atom is -0.381 e. The van der Waals surface area contributed by atoms with E-state index in [4.69, 9.17) is 4.74 Å². The third-order valence-electron chi connectivity index (χ3n) is 4.71. The quantitative estimate of drug-likeness (QED) is 0.779. The molecule has 1 N–H and O–H groups in total. The molecule has 0 aromatic carbocycles. The van der Waals surface area contributed by atoms with Crippen LogP contribution in [-0.2, 0) is 4.74 Å². The summed E-state index contributed by atoms with van der Waals surface area (Å²) >= 11 is 0. The predicted molar refractivity (Wildman–Crippen MR) is 79.5 cm³/mol. The maximum absolute atomic E-state index is 5.56. The Morgan fingerprint density at radius 2 is 2.26 bits per heavy atom. The normalized spacial score (nSPS) is 30.9. The molecule has 0 radical (unpaired) electrons. The van der Waals surface area contributed by atoms with Crippen LogP contribution >= 0.6 is 0 Å². The number of likely N-dealkylation sites (tertiary alicyclic amines) is 1. The Hall–Kier alpha value is -0.160. The van der Waals surface area contributed by atoms with Gasteiger partial charge in [-0.25, -0.2) is 0 Å². The van der Waals surface area contributed by atoms with Crippen molar-refractivity contribution in [1.29, 1.82) is 0 Å². The van der Waals surface area contributed by atoms with E-state index in [0.717, 1.165) is 32.3 Å². The van der Waals surface area contributed by atoms with Crippen molar-refractivity contribution >= 4 is 0 Å². The molecule has 0 bridgehead atoms. The van der Waals surface area contributed by atoms with Gasteiger partial charge in [-0.3, -0.25) is 0 Å². The number of ether oxygens (including phenoxy) is 1. The molecule has 2 fully saturated rings. The van der Waals surface area contributed by atoms with E-state index in [1.54, 1.807) is 0 Å². The van der Waals surface area contributed by atoms with Crippen molar-refractivity contribution in [2.24, 2.45) is 5.92 Å². The van der Waals surface area contributed by atoms with Gasteiger partial charge >= 0.3 is 0 Å². The summed E-state index contributed by atoms with van der Waals surface area (Å²) in [4.78, 5) is 5.03. The molecular weight excluding hydrogens is 238 g/mol. The fourth-order valence-electron chi connectivity index (χ4n) is 3.47. The summed E-state index contributed by atoms with van der Waals surface area (Å²) in [6, 6.07) is 1.31. The van der Waals surface area contributed by atoms with E-state index in [0.29, 0.717) is 12.0 Å². The smallest absolute Gasteiger partial charge is 0.0510 e. The van der Waals surface area contributed by atoms with Crippen molar-refractivity contribution < 1.29 is 4.74 Å². The molecule has 4 heteroatoms. The van der Waals surface area contributed by atoms with Crippen molar-refractivity contribution in [3.05, 3.63) is 0 Å². The third-order valence-corrected chi connectivity index (χ3v) is 4.71. The van der Waals surface area contributed by atoms with Gasteiger partial charge in [-0.15, -0.1) is 0 Å². The standard InChI is InChI=1S/C15H31N3O/c1-4-16-15(13-7-9-19-12-13)11-18(3)14-6-5-8-17(2)10-14/h13-16H,4-12H2,1-3H3. The molecular formula is C15H31N3O. The number of piperidine rings is 1. The molecule has 0 aromatic rings. The molecule has 2 aliphatic rings. The monoisotopic (exact) mass is 269 g/mol. The first-order chi connectivity index (χ1) is 9.20. The first-order valence-electron chi connectivity index (χ1n) is 7.90. The molecule has 2 rings (SSSR count). The van der Waals surface area contributed by atoms with Gasteiger partial charge < -0.3 is 19.9 Å². The summed E-state index contributed by atoms with van der Waals surface area (Å²) in [6.07, 6.45) is 3.90. The number of hydrogen-bond donors (Lipinski definition) is 1. The average molecular weight is 269 g/mol. The highest BCUT2D eigenvalue weighted by Crippen LogP contribution is 2.20. The van der Waals surface area contributed by atoms with Crippen molar-refractivity contribution in [2.75, 3.05) is 53.5 Å². The van der Waals surface area contributed by atoms with E-state index < -0.39 is 0 Å². The molecule has 2 heterocycles. The van der Waals surface area contributed by atoms with E-state index in [1.807, 2.05) is 0 Å². The van der Waals surface area contributed by atoms with Crippen molar-refractivity contribution in [1.82, 2.24) is 15.1 Å². The van der Waals surface area contributed by atoms with Crippen molar-refractivity contribution in [3.63, 3.8) is 0 Å². The van der Waals surface area contributed by atoms with Gasteiger partial charge in [0.2, 0.25) is 0 Å². The van der Waals surface area contributed by atoms with Gasteiger partial charge in [-0.2, -0.15) is 0 Å². The average Bonchev–Trinajstić information content (AvgIpc) is 2.92. The van der Waals surface area contributed by atoms with Crippen LogP contribution in [0.1, 0.15) is 26.2 Å². The molecule has 4 nitrogen and oxygen atoms in total. The fraction of sp³-hybridized carbons (Fsp3) is 1.00. The van der Waals surface area contributed by atoms with Crippen LogP contribution in [-0.4, -0.2) is 75.4 Å². The second-order valence-corrected chi connectivity index (χ2v) is 6.29. The summed E-state index contributed by atoms with van der Waals surface area (Å²) in [5.41, 5.74) is 0. The third kappa shape index (κ3) is 4.42. The molecule has 3 unspecified atom stereocenters. The van der Waals surface area contributed by atoms with Gasteiger partial charge in [-0.05, 0) is 46.4 Å². The van der Waals surface area contributed by atoms with Crippen LogP contribution in [0.2, 0.25) is 0 Å². The van der Waals surface area contributed by atoms with Gasteiger partial charge in [0, 0.05) is 37.7 Å². The highest BCUT2D eigenvalue weighted by atomic mass is 16.5. The second kappa shape index (κ2) is 7.58. The van der Waals surface area contributed by atoms with Crippen molar-refractivity contribution in [2.45, 2.75) is 38.3 Å². The Morgan fingerprint density at radius 3 is 2.89 bits per heavy atom. The molecule has 2 aliphatic heterocycles. The predicted octanol–water partition coefficient (Wildman–Crippen LogP) is 1.03. The summed E-state index contributed by atoms with van der Waals surface area (Å²) in [7, 11) is 4.54. The lowest BCUT2D eigenvalue weighted by Gasteiger charge is -2.38. The van der Waals surface area contributed by atoms with Crippen molar-refractivity contribution in [3.8, 4) is 0 Å². The molecule has 19 heavy (non-hydrogen) atoms. The largest absolute Gasteiger partial charge is 0.381 e. The van der Waals surface area contributed by atoms with Gasteiger partial charge in [-0.1, -0.05) is 6.92 Å². The summed E-state index contributed by atoms with van der Waals surface area (Å²) in [6.45, 7) is 8.78. The molecule has 3 atom stereocenters. The molecule has 2 saturated heterocycles. The second-order valence-electron chi connectivity index (χ2n) is 6.29. The summed E-state index contributed by atoms with van der Waals surface area (Å²) < 4.78 is 5.56. The van der Waals surface area contributed by atoms with Gasteiger partial charge in [0.1, 0.15) is 0 Å². The Bertz CT molecular complexity index is 256. The zero-order valence-electron chi connectivity index (χ0n) is 12.9.